The van der Waals surface area contributed by atoms with E-state index in [9.17, 15) is 13.2 Å². The maximum Gasteiger partial charge on any atom is 0.417 e. The van der Waals surface area contributed by atoms with E-state index < -0.39 is 27.9 Å². The highest BCUT2D eigenvalue weighted by molar-refractivity contribution is 7.89. The third-order valence-corrected chi connectivity index (χ3v) is 5.37. The van der Waals surface area contributed by atoms with Gasteiger partial charge in [-0.15, -0.1) is 0 Å². The van der Waals surface area contributed by atoms with Gasteiger partial charge in [-0.1, -0.05) is 0 Å². The fourth-order valence-corrected chi connectivity index (χ4v) is 3.70. The Labute approximate surface area is 137 Å². The molecule has 0 amide bonds. The largest absolute Gasteiger partial charge is 0.417 e. The van der Waals surface area contributed by atoms with Gasteiger partial charge >= 0.3 is 5.76 Å². The number of methoxy groups -OCH3 is 2. The molecule has 9 nitrogen and oxygen atoms in total. The molecule has 1 aliphatic rings. The van der Waals surface area contributed by atoms with Crippen LogP contribution in [0.1, 0.15) is 12.8 Å². The van der Waals surface area contributed by atoms with E-state index in [0.717, 1.165) is 0 Å². The van der Waals surface area contributed by atoms with Crippen molar-refractivity contribution in [2.24, 2.45) is 0 Å². The number of aromatic nitrogens is 1. The fourth-order valence-electron chi connectivity index (χ4n) is 2.60. The maximum absolute atomic E-state index is 12.5. The average Bonchev–Trinajstić information content (AvgIpc) is 3.15. The van der Waals surface area contributed by atoms with Gasteiger partial charge in [0.15, 0.2) is 17.7 Å². The van der Waals surface area contributed by atoms with Crippen LogP contribution in [-0.2, 0) is 24.2 Å². The van der Waals surface area contributed by atoms with Crippen molar-refractivity contribution in [3.63, 3.8) is 0 Å². The first-order chi connectivity index (χ1) is 11.4. The second kappa shape index (κ2) is 6.30. The van der Waals surface area contributed by atoms with Gasteiger partial charge in [0.2, 0.25) is 10.0 Å². The average molecular weight is 358 g/mol. The van der Waals surface area contributed by atoms with Gasteiger partial charge < -0.3 is 18.6 Å². The van der Waals surface area contributed by atoms with Gasteiger partial charge in [0.05, 0.1) is 17.0 Å². The summed E-state index contributed by atoms with van der Waals surface area (Å²) in [6.07, 6.45) is 0.675. The number of nitrogens with one attached hydrogen (secondary N) is 2. The molecule has 1 aliphatic heterocycles. The molecular weight excluding hydrogens is 340 g/mol. The molecule has 0 radical (unpaired) electrons. The van der Waals surface area contributed by atoms with Gasteiger partial charge in [-0.2, -0.15) is 0 Å². The Morgan fingerprint density at radius 1 is 1.42 bits per heavy atom. The number of H-pyrrole nitrogens is 1. The van der Waals surface area contributed by atoms with Crippen molar-refractivity contribution in [3.8, 4) is 0 Å². The second-order valence-corrected chi connectivity index (χ2v) is 7.20. The molecule has 2 atom stereocenters. The van der Waals surface area contributed by atoms with Crippen LogP contribution >= 0.6 is 0 Å². The molecule has 0 bridgehead atoms. The summed E-state index contributed by atoms with van der Waals surface area (Å²) in [6.45, 7) is -0.0639. The van der Waals surface area contributed by atoms with E-state index in [0.29, 0.717) is 18.4 Å². The summed E-state index contributed by atoms with van der Waals surface area (Å²) in [5.41, 5.74) is 0.593. The van der Waals surface area contributed by atoms with E-state index in [-0.39, 0.29) is 17.0 Å². The lowest BCUT2D eigenvalue weighted by Crippen LogP contribution is -2.44. The van der Waals surface area contributed by atoms with Crippen LogP contribution in [0, 0.1) is 0 Å². The highest BCUT2D eigenvalue weighted by atomic mass is 32.2. The van der Waals surface area contributed by atoms with Crippen LogP contribution in [0.3, 0.4) is 0 Å². The summed E-state index contributed by atoms with van der Waals surface area (Å²) in [5, 5.41) is 0. The van der Waals surface area contributed by atoms with Crippen molar-refractivity contribution in [2.75, 3.05) is 20.8 Å². The molecule has 1 aromatic heterocycles. The Hall–Kier alpha value is -1.72. The summed E-state index contributed by atoms with van der Waals surface area (Å²) in [7, 11) is -0.849. The lowest BCUT2D eigenvalue weighted by Gasteiger charge is -2.27. The molecule has 2 N–H and O–H groups in total. The lowest BCUT2D eigenvalue weighted by atomic mass is 10.2. The van der Waals surface area contributed by atoms with Crippen molar-refractivity contribution in [3.05, 3.63) is 28.7 Å². The summed E-state index contributed by atoms with van der Waals surface area (Å²) < 4.78 is 48.3. The highest BCUT2D eigenvalue weighted by Gasteiger charge is 2.41. The number of hydrogen-bond donors (Lipinski definition) is 2. The van der Waals surface area contributed by atoms with Crippen LogP contribution in [0.2, 0.25) is 0 Å². The van der Waals surface area contributed by atoms with Crippen molar-refractivity contribution in [1.82, 2.24) is 9.71 Å². The third-order valence-electron chi connectivity index (χ3n) is 3.97. The molecular formula is C14H18N2O7S. The van der Waals surface area contributed by atoms with Crippen molar-refractivity contribution in [2.45, 2.75) is 29.8 Å². The van der Waals surface area contributed by atoms with Crippen LogP contribution in [0.5, 0.6) is 0 Å². The molecule has 24 heavy (non-hydrogen) atoms. The molecule has 2 aromatic rings. The minimum atomic E-state index is -3.82. The number of oxazole rings is 1. The Balaban J connectivity index is 1.78. The predicted molar refractivity (Wildman–Crippen MR) is 82.9 cm³/mol. The number of rotatable bonds is 6. The minimum Gasteiger partial charge on any atom is -0.408 e. The molecule has 2 unspecified atom stereocenters. The van der Waals surface area contributed by atoms with Crippen molar-refractivity contribution in [1.29, 1.82) is 0 Å². The Bertz CT molecular complexity index is 888. The number of benzene rings is 1. The molecule has 1 saturated heterocycles. The van der Waals surface area contributed by atoms with Crippen LogP contribution in [0.15, 0.2) is 32.3 Å². The van der Waals surface area contributed by atoms with Gasteiger partial charge in [-0.25, -0.2) is 17.9 Å². The van der Waals surface area contributed by atoms with E-state index in [1.165, 1.54) is 32.4 Å². The Kier molecular flexibility index (Phi) is 4.49. The molecule has 0 aliphatic carbocycles. The number of sulfonamides is 1. The molecule has 0 spiro atoms. The molecule has 132 valence electrons. The molecule has 1 fully saturated rings. The zero-order chi connectivity index (χ0) is 17.4. The van der Waals surface area contributed by atoms with Gasteiger partial charge in [-0.05, 0) is 18.2 Å². The van der Waals surface area contributed by atoms with Crippen molar-refractivity contribution < 1.29 is 27.0 Å². The number of aromatic amines is 1. The molecule has 3 rings (SSSR count). The smallest absolute Gasteiger partial charge is 0.408 e. The highest BCUT2D eigenvalue weighted by Crippen LogP contribution is 2.31. The van der Waals surface area contributed by atoms with E-state index >= 15 is 0 Å². The monoisotopic (exact) mass is 358 g/mol. The minimum absolute atomic E-state index is 0.000378. The van der Waals surface area contributed by atoms with E-state index in [1.54, 1.807) is 0 Å². The van der Waals surface area contributed by atoms with Gasteiger partial charge in [0, 0.05) is 27.1 Å². The summed E-state index contributed by atoms with van der Waals surface area (Å²) in [5.74, 6) is -1.71. The first-order valence-corrected chi connectivity index (χ1v) is 8.74. The van der Waals surface area contributed by atoms with E-state index in [1.807, 2.05) is 0 Å². The summed E-state index contributed by atoms with van der Waals surface area (Å²) in [4.78, 5) is 13.6. The quantitative estimate of drug-likeness (QED) is 0.772. The topological polar surface area (TPSA) is 120 Å². The number of fused-ring (bicyclic) bond motifs is 1. The van der Waals surface area contributed by atoms with E-state index in [4.69, 9.17) is 18.6 Å². The van der Waals surface area contributed by atoms with Crippen LogP contribution in [0.25, 0.3) is 11.1 Å². The molecule has 1 aromatic carbocycles. The summed E-state index contributed by atoms with van der Waals surface area (Å²) in [6, 6.07) is 4.10. The lowest BCUT2D eigenvalue weighted by molar-refractivity contribution is -0.251. The Morgan fingerprint density at radius 2 is 2.21 bits per heavy atom. The normalized spacial score (nSPS) is 24.7. The standard InChI is InChI=1S/C14H18N2O7S/c1-20-12-5-6-14(21-2,23-12)8-15-24(18,19)9-3-4-11-10(7-9)16-13(17)22-11/h3-4,7,12,15H,5-6,8H2,1-2H3,(H,16,17). The zero-order valence-corrected chi connectivity index (χ0v) is 14.0. The van der Waals surface area contributed by atoms with Crippen molar-refractivity contribution >= 4 is 21.1 Å². The third kappa shape index (κ3) is 3.23. The van der Waals surface area contributed by atoms with Crippen LogP contribution < -0.4 is 10.5 Å². The van der Waals surface area contributed by atoms with Crippen LogP contribution in [0.4, 0.5) is 0 Å². The number of ether oxygens (including phenoxy) is 3. The first kappa shape index (κ1) is 17.1. The zero-order valence-electron chi connectivity index (χ0n) is 13.2. The Morgan fingerprint density at radius 3 is 2.88 bits per heavy atom. The fraction of sp³-hybridized carbons (Fsp3) is 0.500. The number of hydrogen-bond acceptors (Lipinski definition) is 7. The first-order valence-electron chi connectivity index (χ1n) is 7.26. The molecule has 10 heteroatoms. The van der Waals surface area contributed by atoms with E-state index in [2.05, 4.69) is 9.71 Å². The van der Waals surface area contributed by atoms with Gasteiger partial charge in [0.25, 0.3) is 0 Å². The molecule has 0 saturated carbocycles. The van der Waals surface area contributed by atoms with Gasteiger partial charge in [0.1, 0.15) is 0 Å². The van der Waals surface area contributed by atoms with Gasteiger partial charge in [-0.3, -0.25) is 4.98 Å². The predicted octanol–water partition coefficient (Wildman–Crippen LogP) is 0.525. The SMILES string of the molecule is COC1CCC(CNS(=O)(=O)c2ccc3oc(=O)[nH]c3c2)(OC)O1. The van der Waals surface area contributed by atoms with Crippen LogP contribution in [-0.4, -0.2) is 46.2 Å². The molecule has 2 heterocycles. The summed E-state index contributed by atoms with van der Waals surface area (Å²) >= 11 is 0. The second-order valence-electron chi connectivity index (χ2n) is 5.43. The maximum atomic E-state index is 12.5.